The average molecular weight is 404 g/mol. The smallest absolute Gasteiger partial charge is 0.239 e. The molecule has 0 bridgehead atoms. The molecule has 2 aromatic rings. The molecule has 1 saturated heterocycles. The number of hydrogen-bond acceptors (Lipinski definition) is 3. The molecule has 0 spiro atoms. The standard InChI is InChI=1S/C14H9BrCl2N2OS/c15-8-1-4-12(18-6-8)19-13(20)7-21-14(19)10-3-2-9(16)5-11(10)17/h1-6,14H,7H2/t14-/m1/s1. The van der Waals surface area contributed by atoms with Crippen LogP contribution < -0.4 is 4.90 Å². The summed E-state index contributed by atoms with van der Waals surface area (Å²) in [4.78, 5) is 18.2. The summed E-state index contributed by atoms with van der Waals surface area (Å²) in [5.41, 5.74) is 0.863. The number of thioether (sulfide) groups is 1. The van der Waals surface area contributed by atoms with Crippen LogP contribution in [0.2, 0.25) is 10.0 Å². The Bertz CT molecular complexity index is 696. The maximum atomic E-state index is 12.2. The van der Waals surface area contributed by atoms with E-state index in [2.05, 4.69) is 20.9 Å². The van der Waals surface area contributed by atoms with Gasteiger partial charge in [-0.3, -0.25) is 9.69 Å². The van der Waals surface area contributed by atoms with Gasteiger partial charge in [0, 0.05) is 26.3 Å². The van der Waals surface area contributed by atoms with E-state index < -0.39 is 0 Å². The third-order valence-electron chi connectivity index (χ3n) is 3.06. The van der Waals surface area contributed by atoms with Crippen molar-refractivity contribution in [3.8, 4) is 0 Å². The summed E-state index contributed by atoms with van der Waals surface area (Å²) in [6, 6.07) is 8.99. The molecule has 0 unspecified atom stereocenters. The lowest BCUT2D eigenvalue weighted by molar-refractivity contribution is -0.115. The molecule has 1 aliphatic rings. The molecule has 1 fully saturated rings. The average Bonchev–Trinajstić information content (AvgIpc) is 2.82. The van der Waals surface area contributed by atoms with Gasteiger partial charge in [-0.1, -0.05) is 29.3 Å². The molecule has 21 heavy (non-hydrogen) atoms. The summed E-state index contributed by atoms with van der Waals surface area (Å²) in [5.74, 6) is 1.04. The van der Waals surface area contributed by atoms with Gasteiger partial charge in [0.2, 0.25) is 5.91 Å². The van der Waals surface area contributed by atoms with E-state index >= 15 is 0 Å². The van der Waals surface area contributed by atoms with Gasteiger partial charge in [0.05, 0.1) is 5.75 Å². The van der Waals surface area contributed by atoms with Gasteiger partial charge in [0.15, 0.2) is 0 Å². The fourth-order valence-electron chi connectivity index (χ4n) is 2.11. The lowest BCUT2D eigenvalue weighted by Crippen LogP contribution is -2.28. The summed E-state index contributed by atoms with van der Waals surface area (Å²) < 4.78 is 0.867. The minimum atomic E-state index is -0.184. The van der Waals surface area contributed by atoms with Gasteiger partial charge in [0.25, 0.3) is 0 Å². The molecule has 3 nitrogen and oxygen atoms in total. The van der Waals surface area contributed by atoms with Crippen LogP contribution in [0.25, 0.3) is 0 Å². The fourth-order valence-corrected chi connectivity index (χ4v) is 4.12. The summed E-state index contributed by atoms with van der Waals surface area (Å²) in [6.45, 7) is 0. The zero-order valence-electron chi connectivity index (χ0n) is 10.6. The predicted octanol–water partition coefficient (Wildman–Crippen LogP) is 4.93. The zero-order valence-corrected chi connectivity index (χ0v) is 14.5. The maximum absolute atomic E-state index is 12.2. The lowest BCUT2D eigenvalue weighted by atomic mass is 10.2. The molecule has 1 amide bonds. The van der Waals surface area contributed by atoms with E-state index in [0.29, 0.717) is 21.6 Å². The first-order valence-corrected chi connectivity index (χ1v) is 8.66. The minimum absolute atomic E-state index is 0.0193. The largest absolute Gasteiger partial charge is 0.279 e. The van der Waals surface area contributed by atoms with Crippen LogP contribution in [-0.2, 0) is 4.79 Å². The highest BCUT2D eigenvalue weighted by molar-refractivity contribution is 9.10. The number of pyridine rings is 1. The van der Waals surface area contributed by atoms with Gasteiger partial charge in [0.1, 0.15) is 11.2 Å². The first-order valence-electron chi connectivity index (χ1n) is 6.06. The number of carbonyl (C=O) groups excluding carboxylic acids is 1. The van der Waals surface area contributed by atoms with Crippen molar-refractivity contribution in [2.24, 2.45) is 0 Å². The van der Waals surface area contributed by atoms with E-state index in [-0.39, 0.29) is 11.3 Å². The van der Waals surface area contributed by atoms with Crippen molar-refractivity contribution in [3.63, 3.8) is 0 Å². The molecule has 7 heteroatoms. The molecule has 2 heterocycles. The first-order chi connectivity index (χ1) is 10.1. The predicted molar refractivity (Wildman–Crippen MR) is 91.1 cm³/mol. The number of nitrogens with zero attached hydrogens (tertiary/aromatic N) is 2. The normalized spacial score (nSPS) is 18.3. The highest BCUT2D eigenvalue weighted by Gasteiger charge is 2.35. The molecule has 0 saturated carbocycles. The van der Waals surface area contributed by atoms with Crippen LogP contribution in [0.15, 0.2) is 41.0 Å². The van der Waals surface area contributed by atoms with Crippen LogP contribution in [0.1, 0.15) is 10.9 Å². The van der Waals surface area contributed by atoms with Crippen molar-refractivity contribution in [1.29, 1.82) is 0 Å². The Morgan fingerprint density at radius 2 is 2.10 bits per heavy atom. The number of hydrogen-bond donors (Lipinski definition) is 0. The van der Waals surface area contributed by atoms with E-state index in [1.807, 2.05) is 18.2 Å². The van der Waals surface area contributed by atoms with Crippen LogP contribution in [-0.4, -0.2) is 16.6 Å². The van der Waals surface area contributed by atoms with Crippen LogP contribution >= 0.6 is 50.9 Å². The van der Waals surface area contributed by atoms with Crippen molar-refractivity contribution in [2.75, 3.05) is 10.7 Å². The van der Waals surface area contributed by atoms with Crippen molar-refractivity contribution in [3.05, 3.63) is 56.6 Å². The molecule has 1 atom stereocenters. The number of rotatable bonds is 2. The third-order valence-corrected chi connectivity index (χ3v) is 5.28. The van der Waals surface area contributed by atoms with Gasteiger partial charge in [-0.25, -0.2) is 4.98 Å². The second-order valence-electron chi connectivity index (χ2n) is 4.43. The summed E-state index contributed by atoms with van der Waals surface area (Å²) in [7, 11) is 0. The zero-order chi connectivity index (χ0) is 15.0. The van der Waals surface area contributed by atoms with Crippen LogP contribution in [0, 0.1) is 0 Å². The Morgan fingerprint density at radius 3 is 2.76 bits per heavy atom. The summed E-state index contributed by atoms with van der Waals surface area (Å²) in [6.07, 6.45) is 1.67. The lowest BCUT2D eigenvalue weighted by Gasteiger charge is -2.24. The minimum Gasteiger partial charge on any atom is -0.279 e. The molecular weight excluding hydrogens is 395 g/mol. The number of carbonyl (C=O) groups is 1. The molecule has 0 aliphatic carbocycles. The van der Waals surface area contributed by atoms with E-state index in [1.54, 1.807) is 23.2 Å². The molecule has 1 aromatic carbocycles. The Balaban J connectivity index is 2.01. The van der Waals surface area contributed by atoms with E-state index in [4.69, 9.17) is 23.2 Å². The maximum Gasteiger partial charge on any atom is 0.239 e. The quantitative estimate of drug-likeness (QED) is 0.712. The molecule has 0 N–H and O–H groups in total. The molecule has 0 radical (unpaired) electrons. The van der Waals surface area contributed by atoms with Gasteiger partial charge in [-0.15, -0.1) is 11.8 Å². The van der Waals surface area contributed by atoms with Crippen molar-refractivity contribution >= 4 is 62.6 Å². The van der Waals surface area contributed by atoms with Gasteiger partial charge < -0.3 is 0 Å². The van der Waals surface area contributed by atoms with Gasteiger partial charge in [-0.05, 0) is 40.2 Å². The van der Waals surface area contributed by atoms with E-state index in [1.165, 1.54) is 11.8 Å². The summed E-state index contributed by atoms with van der Waals surface area (Å²) >= 11 is 17.1. The Morgan fingerprint density at radius 1 is 1.29 bits per heavy atom. The van der Waals surface area contributed by atoms with Crippen LogP contribution in [0.3, 0.4) is 0 Å². The molecule has 108 valence electrons. The van der Waals surface area contributed by atoms with Crippen molar-refractivity contribution < 1.29 is 4.79 Å². The SMILES string of the molecule is O=C1CS[C@H](c2ccc(Cl)cc2Cl)N1c1ccc(Br)cn1. The molecule has 1 aliphatic heterocycles. The molecule has 3 rings (SSSR count). The summed E-state index contributed by atoms with van der Waals surface area (Å²) in [5, 5.41) is 0.944. The third kappa shape index (κ3) is 3.06. The Kier molecular flexibility index (Phi) is 4.45. The van der Waals surface area contributed by atoms with Gasteiger partial charge in [-0.2, -0.15) is 0 Å². The second kappa shape index (κ2) is 6.16. The highest BCUT2D eigenvalue weighted by atomic mass is 79.9. The monoisotopic (exact) mass is 402 g/mol. The number of anilines is 1. The number of amides is 1. The van der Waals surface area contributed by atoms with E-state index in [9.17, 15) is 4.79 Å². The number of halogens is 3. The Hall–Kier alpha value is -0.750. The van der Waals surface area contributed by atoms with E-state index in [0.717, 1.165) is 10.0 Å². The van der Waals surface area contributed by atoms with Crippen LogP contribution in [0.4, 0.5) is 5.82 Å². The van der Waals surface area contributed by atoms with Gasteiger partial charge >= 0.3 is 0 Å². The molecular formula is C14H9BrCl2N2OS. The van der Waals surface area contributed by atoms with Crippen molar-refractivity contribution in [1.82, 2.24) is 4.98 Å². The van der Waals surface area contributed by atoms with Crippen LogP contribution in [0.5, 0.6) is 0 Å². The highest BCUT2D eigenvalue weighted by Crippen LogP contribution is 2.43. The Labute approximate surface area is 144 Å². The topological polar surface area (TPSA) is 33.2 Å². The number of benzene rings is 1. The first kappa shape index (κ1) is 15.2. The fraction of sp³-hybridized carbons (Fsp3) is 0.143. The number of aromatic nitrogens is 1. The molecule has 1 aromatic heterocycles. The van der Waals surface area contributed by atoms with Crippen molar-refractivity contribution in [2.45, 2.75) is 5.37 Å². The second-order valence-corrected chi connectivity index (χ2v) is 7.26.